The molecule has 0 spiro atoms. The molecule has 2 atom stereocenters. The molecular weight excluding hydrogens is 465 g/mol. The van der Waals surface area contributed by atoms with Crippen LogP contribution in [0, 0.1) is 11.2 Å². The maximum Gasteiger partial charge on any atom is 0.242 e. The predicted octanol–water partition coefficient (Wildman–Crippen LogP) is 4.37. The van der Waals surface area contributed by atoms with Crippen LogP contribution in [0.2, 0.25) is 0 Å². The number of halogens is 1. The fraction of sp³-hybridized carbons (Fsp3) is 0.370. The standard InChI is InChI=1S/C27H30FN3O3S/c1-26-17-20-18-29-31(23-10-8-22(28)9-11-23)24(20)16-21(26)13-15-27(26,32)14-12-19-6-4-5-7-25(19)35(33,34)30(2)3/h4-11,16,18,32H,12-15,17H2,1-3H3/t26-,27-/m0/s1. The average molecular weight is 496 g/mol. The summed E-state index contributed by atoms with van der Waals surface area (Å²) in [5.41, 5.74) is 3.25. The summed E-state index contributed by atoms with van der Waals surface area (Å²) in [6.45, 7) is 2.10. The van der Waals surface area contributed by atoms with Crippen LogP contribution in [-0.4, -0.2) is 47.3 Å². The van der Waals surface area contributed by atoms with Gasteiger partial charge in [0.25, 0.3) is 0 Å². The summed E-state index contributed by atoms with van der Waals surface area (Å²) in [6, 6.07) is 13.3. The Morgan fingerprint density at radius 3 is 2.57 bits per heavy atom. The van der Waals surface area contributed by atoms with E-state index in [0.717, 1.165) is 28.9 Å². The molecule has 1 N–H and O–H groups in total. The molecule has 0 aliphatic heterocycles. The van der Waals surface area contributed by atoms with Crippen molar-refractivity contribution >= 4 is 16.1 Å². The van der Waals surface area contributed by atoms with Gasteiger partial charge in [0.15, 0.2) is 0 Å². The third kappa shape index (κ3) is 3.84. The number of hydrogen-bond donors (Lipinski definition) is 1. The molecule has 1 aromatic heterocycles. The summed E-state index contributed by atoms with van der Waals surface area (Å²) in [5, 5.41) is 16.5. The van der Waals surface area contributed by atoms with E-state index in [2.05, 4.69) is 18.1 Å². The smallest absolute Gasteiger partial charge is 0.242 e. The van der Waals surface area contributed by atoms with E-state index in [1.54, 1.807) is 24.3 Å². The molecule has 5 rings (SSSR count). The van der Waals surface area contributed by atoms with E-state index >= 15 is 0 Å². The lowest BCUT2D eigenvalue weighted by Gasteiger charge is -2.42. The maximum absolute atomic E-state index is 13.4. The van der Waals surface area contributed by atoms with Crippen molar-refractivity contribution in [3.8, 4) is 5.69 Å². The molecule has 2 aromatic carbocycles. The van der Waals surface area contributed by atoms with E-state index in [1.165, 1.54) is 36.1 Å². The van der Waals surface area contributed by atoms with Crippen LogP contribution in [0.25, 0.3) is 11.8 Å². The van der Waals surface area contributed by atoms with Crippen LogP contribution in [0.4, 0.5) is 4.39 Å². The Morgan fingerprint density at radius 1 is 1.14 bits per heavy atom. The molecule has 184 valence electrons. The van der Waals surface area contributed by atoms with Crippen molar-refractivity contribution in [1.29, 1.82) is 0 Å². The molecule has 0 unspecified atom stereocenters. The van der Waals surface area contributed by atoms with Gasteiger partial charge >= 0.3 is 0 Å². The topological polar surface area (TPSA) is 75.4 Å². The molecular formula is C27H30FN3O3S. The van der Waals surface area contributed by atoms with Crippen LogP contribution in [0.15, 0.2) is 65.2 Å². The van der Waals surface area contributed by atoms with Gasteiger partial charge in [-0.25, -0.2) is 21.8 Å². The highest BCUT2D eigenvalue weighted by molar-refractivity contribution is 7.89. The van der Waals surface area contributed by atoms with Crippen LogP contribution in [-0.2, 0) is 22.9 Å². The minimum absolute atomic E-state index is 0.290. The maximum atomic E-state index is 13.4. The van der Waals surface area contributed by atoms with Crippen molar-refractivity contribution in [2.45, 2.75) is 49.5 Å². The number of aliphatic hydroxyl groups is 1. The first kappa shape index (κ1) is 23.9. The zero-order valence-corrected chi connectivity index (χ0v) is 21.0. The van der Waals surface area contributed by atoms with E-state index in [-0.39, 0.29) is 5.82 Å². The zero-order chi connectivity index (χ0) is 25.0. The lowest BCUT2D eigenvalue weighted by molar-refractivity contribution is -0.0462. The second-order valence-corrected chi connectivity index (χ2v) is 12.2. The van der Waals surface area contributed by atoms with Crippen molar-refractivity contribution in [1.82, 2.24) is 14.1 Å². The van der Waals surface area contributed by atoms with E-state index in [0.29, 0.717) is 30.6 Å². The highest BCUT2D eigenvalue weighted by Gasteiger charge is 2.54. The Bertz CT molecular complexity index is 1410. The molecule has 6 nitrogen and oxygen atoms in total. The van der Waals surface area contributed by atoms with Gasteiger partial charge in [0.2, 0.25) is 10.0 Å². The summed E-state index contributed by atoms with van der Waals surface area (Å²) in [6.07, 6.45) is 6.90. The van der Waals surface area contributed by atoms with Crippen molar-refractivity contribution in [3.63, 3.8) is 0 Å². The normalized spacial score (nSPS) is 23.8. The monoisotopic (exact) mass is 495 g/mol. The molecule has 0 saturated heterocycles. The Labute approximate surface area is 205 Å². The molecule has 2 aliphatic rings. The molecule has 8 heteroatoms. The lowest BCUT2D eigenvalue weighted by Crippen LogP contribution is -2.45. The van der Waals surface area contributed by atoms with Crippen LogP contribution in [0.3, 0.4) is 0 Å². The third-order valence-electron chi connectivity index (χ3n) is 7.90. The van der Waals surface area contributed by atoms with Gasteiger partial charge in [-0.15, -0.1) is 0 Å². The minimum atomic E-state index is -3.57. The molecule has 0 radical (unpaired) electrons. The third-order valence-corrected chi connectivity index (χ3v) is 9.81. The molecule has 0 amide bonds. The number of rotatable bonds is 6. The summed E-state index contributed by atoms with van der Waals surface area (Å²) in [4.78, 5) is 0.291. The first-order valence-electron chi connectivity index (χ1n) is 11.8. The van der Waals surface area contributed by atoms with Crippen LogP contribution in [0.5, 0.6) is 0 Å². The van der Waals surface area contributed by atoms with Gasteiger partial charge in [-0.1, -0.05) is 30.7 Å². The number of hydrogen-bond acceptors (Lipinski definition) is 4. The molecule has 3 aromatic rings. The Balaban J connectivity index is 1.43. The Morgan fingerprint density at radius 2 is 1.86 bits per heavy atom. The van der Waals surface area contributed by atoms with Gasteiger partial charge in [-0.3, -0.25) is 0 Å². The van der Waals surface area contributed by atoms with Crippen molar-refractivity contribution in [2.24, 2.45) is 5.41 Å². The van der Waals surface area contributed by atoms with Gasteiger partial charge in [0.1, 0.15) is 5.82 Å². The first-order valence-corrected chi connectivity index (χ1v) is 13.3. The van der Waals surface area contributed by atoms with Crippen LogP contribution in [0.1, 0.15) is 43.0 Å². The number of sulfonamides is 1. The van der Waals surface area contributed by atoms with E-state index in [4.69, 9.17) is 0 Å². The molecule has 1 heterocycles. The van der Waals surface area contributed by atoms with Crippen molar-refractivity contribution < 1.29 is 17.9 Å². The van der Waals surface area contributed by atoms with Gasteiger partial charge in [-0.05, 0) is 79.6 Å². The minimum Gasteiger partial charge on any atom is -0.389 e. The molecule has 35 heavy (non-hydrogen) atoms. The number of aromatic nitrogens is 2. The van der Waals surface area contributed by atoms with E-state index in [1.807, 2.05) is 23.0 Å². The summed E-state index contributed by atoms with van der Waals surface area (Å²) in [7, 11) is -0.516. The molecule has 0 bridgehead atoms. The number of benzene rings is 2. The van der Waals surface area contributed by atoms with Gasteiger partial charge in [0.05, 0.1) is 28.1 Å². The zero-order valence-electron chi connectivity index (χ0n) is 20.2. The highest BCUT2D eigenvalue weighted by Crippen LogP contribution is 2.57. The second kappa shape index (κ2) is 8.40. The number of aryl methyl sites for hydroxylation is 1. The first-order chi connectivity index (χ1) is 16.5. The van der Waals surface area contributed by atoms with Crippen molar-refractivity contribution in [2.75, 3.05) is 14.1 Å². The SMILES string of the molecule is CN(C)S(=O)(=O)c1ccccc1CC[C@]1(O)CCC2=Cc3c(cnn3-c3ccc(F)cc3)C[C@@]21C. The highest BCUT2D eigenvalue weighted by atomic mass is 32.2. The van der Waals surface area contributed by atoms with Gasteiger partial charge < -0.3 is 5.11 Å². The summed E-state index contributed by atoms with van der Waals surface area (Å²) < 4.78 is 42.1. The molecule has 1 fully saturated rings. The fourth-order valence-electron chi connectivity index (χ4n) is 5.62. The second-order valence-electron chi connectivity index (χ2n) is 10.0. The van der Waals surface area contributed by atoms with Crippen molar-refractivity contribution in [3.05, 3.63) is 82.9 Å². The number of fused-ring (bicyclic) bond motifs is 2. The molecule has 1 saturated carbocycles. The average Bonchev–Trinajstić information content (AvgIpc) is 3.34. The van der Waals surface area contributed by atoms with Crippen LogP contribution >= 0.6 is 0 Å². The lowest BCUT2D eigenvalue weighted by atomic mass is 9.65. The summed E-state index contributed by atoms with van der Waals surface area (Å²) >= 11 is 0. The fourth-order valence-corrected chi connectivity index (χ4v) is 6.76. The van der Waals surface area contributed by atoms with Gasteiger partial charge in [-0.2, -0.15) is 5.10 Å². The van der Waals surface area contributed by atoms with E-state index in [9.17, 15) is 17.9 Å². The van der Waals surface area contributed by atoms with Crippen LogP contribution < -0.4 is 0 Å². The number of nitrogens with zero attached hydrogens (tertiary/aromatic N) is 3. The molecule has 2 aliphatic carbocycles. The Hall–Kier alpha value is -2.81. The van der Waals surface area contributed by atoms with E-state index < -0.39 is 21.0 Å². The largest absolute Gasteiger partial charge is 0.389 e. The predicted molar refractivity (Wildman–Crippen MR) is 133 cm³/mol. The quantitative estimate of drug-likeness (QED) is 0.551. The Kier molecular flexibility index (Phi) is 5.74. The van der Waals surface area contributed by atoms with Gasteiger partial charge in [0, 0.05) is 19.5 Å². The summed E-state index contributed by atoms with van der Waals surface area (Å²) in [5.74, 6) is -0.290.